The molecule has 1 saturated heterocycles. The molecule has 1 aromatic heterocycles. The zero-order chi connectivity index (χ0) is 14.7. The standard InChI is InChI=1S/C16H19ClN2O2/c1-11-6-14(21-19-11)7-13-9-20-10-16(13)18-8-12-4-2-3-5-15(12)17/h2-6,13,16,18H,7-10H2,1H3/t13-,16-/m1/s1. The molecule has 0 saturated carbocycles. The molecule has 3 rings (SSSR count). The van der Waals surface area contributed by atoms with Crippen LogP contribution in [0, 0.1) is 12.8 Å². The predicted molar refractivity (Wildman–Crippen MR) is 81.3 cm³/mol. The first-order valence-corrected chi connectivity index (χ1v) is 7.57. The van der Waals surface area contributed by atoms with Gasteiger partial charge in [-0.1, -0.05) is 35.0 Å². The van der Waals surface area contributed by atoms with Gasteiger partial charge < -0.3 is 14.6 Å². The Balaban J connectivity index is 1.58. The van der Waals surface area contributed by atoms with Crippen molar-refractivity contribution in [1.29, 1.82) is 0 Å². The molecule has 0 radical (unpaired) electrons. The van der Waals surface area contributed by atoms with E-state index >= 15 is 0 Å². The second-order valence-electron chi connectivity index (χ2n) is 5.52. The summed E-state index contributed by atoms with van der Waals surface area (Å²) in [5, 5.41) is 8.28. The number of halogens is 1. The molecule has 0 unspecified atom stereocenters. The number of nitrogens with zero attached hydrogens (tertiary/aromatic N) is 1. The van der Waals surface area contributed by atoms with Crippen molar-refractivity contribution in [2.24, 2.45) is 5.92 Å². The maximum absolute atomic E-state index is 6.18. The maximum atomic E-state index is 6.18. The summed E-state index contributed by atoms with van der Waals surface area (Å²) >= 11 is 6.18. The second kappa shape index (κ2) is 6.60. The number of hydrogen-bond acceptors (Lipinski definition) is 4. The summed E-state index contributed by atoms with van der Waals surface area (Å²) in [5.74, 6) is 1.33. The molecule has 4 nitrogen and oxygen atoms in total. The smallest absolute Gasteiger partial charge is 0.137 e. The highest BCUT2D eigenvalue weighted by Crippen LogP contribution is 2.21. The van der Waals surface area contributed by atoms with Crippen LogP contribution in [0.2, 0.25) is 5.02 Å². The molecule has 1 aromatic carbocycles. The maximum Gasteiger partial charge on any atom is 0.137 e. The molecule has 1 fully saturated rings. The minimum atomic E-state index is 0.312. The summed E-state index contributed by atoms with van der Waals surface area (Å²) < 4.78 is 10.9. The lowest BCUT2D eigenvalue weighted by atomic mass is 9.98. The molecule has 0 bridgehead atoms. The van der Waals surface area contributed by atoms with Crippen molar-refractivity contribution in [3.63, 3.8) is 0 Å². The molecule has 0 aliphatic carbocycles. The normalized spacial score (nSPS) is 21.8. The second-order valence-corrected chi connectivity index (χ2v) is 5.92. The van der Waals surface area contributed by atoms with Crippen molar-refractivity contribution in [3.05, 3.63) is 52.4 Å². The molecule has 0 spiro atoms. The van der Waals surface area contributed by atoms with E-state index in [1.165, 1.54) is 0 Å². The predicted octanol–water partition coefficient (Wildman–Crippen LogP) is 2.98. The quantitative estimate of drug-likeness (QED) is 0.922. The van der Waals surface area contributed by atoms with Crippen molar-refractivity contribution in [1.82, 2.24) is 10.5 Å². The van der Waals surface area contributed by atoms with Gasteiger partial charge in [0.25, 0.3) is 0 Å². The van der Waals surface area contributed by atoms with E-state index in [2.05, 4.69) is 10.5 Å². The van der Waals surface area contributed by atoms with E-state index < -0.39 is 0 Å². The van der Waals surface area contributed by atoms with Crippen LogP contribution in [-0.2, 0) is 17.7 Å². The fourth-order valence-electron chi connectivity index (χ4n) is 2.68. The Morgan fingerprint density at radius 1 is 1.33 bits per heavy atom. The van der Waals surface area contributed by atoms with Gasteiger partial charge in [0.05, 0.1) is 18.9 Å². The van der Waals surface area contributed by atoms with E-state index in [4.69, 9.17) is 20.9 Å². The van der Waals surface area contributed by atoms with Crippen LogP contribution in [0.4, 0.5) is 0 Å². The van der Waals surface area contributed by atoms with Crippen molar-refractivity contribution in [2.75, 3.05) is 13.2 Å². The molecule has 0 amide bonds. The minimum absolute atomic E-state index is 0.312. The highest BCUT2D eigenvalue weighted by atomic mass is 35.5. The molecular formula is C16H19ClN2O2. The van der Waals surface area contributed by atoms with Gasteiger partial charge in [-0.05, 0) is 18.6 Å². The van der Waals surface area contributed by atoms with Crippen molar-refractivity contribution in [3.8, 4) is 0 Å². The summed E-state index contributed by atoms with van der Waals surface area (Å²) in [5.41, 5.74) is 2.03. The van der Waals surface area contributed by atoms with Crippen LogP contribution in [-0.4, -0.2) is 24.4 Å². The lowest BCUT2D eigenvalue weighted by Crippen LogP contribution is -2.36. The van der Waals surface area contributed by atoms with E-state index in [9.17, 15) is 0 Å². The van der Waals surface area contributed by atoms with Gasteiger partial charge in [-0.25, -0.2) is 0 Å². The number of benzene rings is 1. The number of aromatic nitrogens is 1. The first kappa shape index (κ1) is 14.6. The summed E-state index contributed by atoms with van der Waals surface area (Å²) in [7, 11) is 0. The van der Waals surface area contributed by atoms with Gasteiger partial charge in [-0.15, -0.1) is 0 Å². The Hall–Kier alpha value is -1.36. The zero-order valence-corrected chi connectivity index (χ0v) is 12.8. The monoisotopic (exact) mass is 306 g/mol. The fourth-order valence-corrected chi connectivity index (χ4v) is 2.88. The zero-order valence-electron chi connectivity index (χ0n) is 12.0. The topological polar surface area (TPSA) is 47.3 Å². The third kappa shape index (κ3) is 3.64. The molecule has 1 aliphatic heterocycles. The molecule has 2 aromatic rings. The van der Waals surface area contributed by atoms with Crippen LogP contribution >= 0.6 is 11.6 Å². The van der Waals surface area contributed by atoms with Crippen molar-refractivity contribution >= 4 is 11.6 Å². The Morgan fingerprint density at radius 3 is 2.95 bits per heavy atom. The SMILES string of the molecule is Cc1cc(C[C@@H]2COC[C@H]2NCc2ccccc2Cl)on1. The molecule has 2 heterocycles. The van der Waals surface area contributed by atoms with Gasteiger partial charge in [-0.2, -0.15) is 0 Å². The van der Waals surface area contributed by atoms with Crippen LogP contribution in [0.25, 0.3) is 0 Å². The Kier molecular flexibility index (Phi) is 4.58. The van der Waals surface area contributed by atoms with Crippen molar-refractivity contribution < 1.29 is 9.26 Å². The Bertz CT molecular complexity index is 599. The van der Waals surface area contributed by atoms with Gasteiger partial charge in [0.1, 0.15) is 5.76 Å². The molecule has 112 valence electrons. The fraction of sp³-hybridized carbons (Fsp3) is 0.438. The van der Waals surface area contributed by atoms with Crippen LogP contribution in [0.3, 0.4) is 0 Å². The van der Waals surface area contributed by atoms with E-state index in [0.29, 0.717) is 12.0 Å². The highest BCUT2D eigenvalue weighted by molar-refractivity contribution is 6.31. The van der Waals surface area contributed by atoms with E-state index in [1.54, 1.807) is 0 Å². The van der Waals surface area contributed by atoms with Gasteiger partial charge in [0, 0.05) is 36.0 Å². The average Bonchev–Trinajstić information content (AvgIpc) is 3.08. The van der Waals surface area contributed by atoms with Crippen LogP contribution in [0.15, 0.2) is 34.9 Å². The first-order chi connectivity index (χ1) is 10.2. The highest BCUT2D eigenvalue weighted by Gasteiger charge is 2.29. The third-order valence-corrected chi connectivity index (χ3v) is 4.22. The third-order valence-electron chi connectivity index (χ3n) is 3.85. The number of ether oxygens (including phenoxy) is 1. The van der Waals surface area contributed by atoms with Gasteiger partial charge in [0.15, 0.2) is 0 Å². The Labute approximate surface area is 129 Å². The molecular weight excluding hydrogens is 288 g/mol. The lowest BCUT2D eigenvalue weighted by molar-refractivity contribution is 0.181. The first-order valence-electron chi connectivity index (χ1n) is 7.19. The molecule has 5 heteroatoms. The summed E-state index contributed by atoms with van der Waals surface area (Å²) in [6.07, 6.45) is 0.848. The average molecular weight is 307 g/mol. The van der Waals surface area contributed by atoms with E-state index in [0.717, 1.165) is 48.2 Å². The molecule has 21 heavy (non-hydrogen) atoms. The Morgan fingerprint density at radius 2 is 2.19 bits per heavy atom. The van der Waals surface area contributed by atoms with E-state index in [1.807, 2.05) is 37.3 Å². The van der Waals surface area contributed by atoms with Crippen LogP contribution in [0.5, 0.6) is 0 Å². The molecule has 2 atom stereocenters. The van der Waals surface area contributed by atoms with Crippen LogP contribution in [0.1, 0.15) is 17.0 Å². The largest absolute Gasteiger partial charge is 0.379 e. The summed E-state index contributed by atoms with van der Waals surface area (Å²) in [6.45, 7) is 4.16. The minimum Gasteiger partial charge on any atom is -0.379 e. The molecule has 1 aliphatic rings. The van der Waals surface area contributed by atoms with E-state index in [-0.39, 0.29) is 0 Å². The number of aryl methyl sites for hydroxylation is 1. The molecule has 1 N–H and O–H groups in total. The number of rotatable bonds is 5. The summed E-state index contributed by atoms with van der Waals surface area (Å²) in [6, 6.07) is 10.2. The number of hydrogen-bond donors (Lipinski definition) is 1. The summed E-state index contributed by atoms with van der Waals surface area (Å²) in [4.78, 5) is 0. The van der Waals surface area contributed by atoms with Gasteiger partial charge in [0.2, 0.25) is 0 Å². The van der Waals surface area contributed by atoms with Gasteiger partial charge in [-0.3, -0.25) is 0 Å². The lowest BCUT2D eigenvalue weighted by Gasteiger charge is -2.18. The van der Waals surface area contributed by atoms with Gasteiger partial charge >= 0.3 is 0 Å². The number of nitrogens with one attached hydrogen (secondary N) is 1. The van der Waals surface area contributed by atoms with Crippen molar-refractivity contribution in [2.45, 2.75) is 25.9 Å². The van der Waals surface area contributed by atoms with Crippen LogP contribution < -0.4 is 5.32 Å².